The van der Waals surface area contributed by atoms with E-state index in [1.54, 1.807) is 0 Å². The first-order valence-electron chi connectivity index (χ1n) is 3.39. The number of rotatable bonds is 0. The zero-order chi connectivity index (χ0) is 8.13. The van der Waals surface area contributed by atoms with Crippen molar-refractivity contribution in [3.63, 3.8) is 0 Å². The SMILES string of the molecule is Brc1cc2sc3sccc3c2s1. The van der Waals surface area contributed by atoms with Gasteiger partial charge in [-0.05, 0) is 33.4 Å². The summed E-state index contributed by atoms with van der Waals surface area (Å²) >= 11 is 9.05. The summed E-state index contributed by atoms with van der Waals surface area (Å²) in [5, 5.41) is 3.59. The van der Waals surface area contributed by atoms with Crippen molar-refractivity contribution in [3.8, 4) is 0 Å². The lowest BCUT2D eigenvalue weighted by molar-refractivity contribution is 2.13. The Morgan fingerprint density at radius 3 is 3.08 bits per heavy atom. The van der Waals surface area contributed by atoms with Crippen LogP contribution in [0, 0.1) is 0 Å². The summed E-state index contributed by atoms with van der Waals surface area (Å²) in [6.45, 7) is 0. The van der Waals surface area contributed by atoms with Gasteiger partial charge in [0.25, 0.3) is 0 Å². The maximum absolute atomic E-state index is 3.51. The molecule has 12 heavy (non-hydrogen) atoms. The number of thiophene rings is 3. The van der Waals surface area contributed by atoms with Gasteiger partial charge in [0.15, 0.2) is 0 Å². The quantitative estimate of drug-likeness (QED) is 0.545. The van der Waals surface area contributed by atoms with Crippen molar-refractivity contribution in [2.75, 3.05) is 0 Å². The number of halogens is 1. The molecule has 0 atom stereocenters. The summed E-state index contributed by atoms with van der Waals surface area (Å²) in [7, 11) is 0. The van der Waals surface area contributed by atoms with Gasteiger partial charge < -0.3 is 0 Å². The Kier molecular flexibility index (Phi) is 1.59. The minimum Gasteiger partial charge on any atom is -0.133 e. The molecule has 3 heterocycles. The second-order valence-corrected chi connectivity index (χ2v) is 7.13. The van der Waals surface area contributed by atoms with Crippen molar-refractivity contribution >= 4 is 68.7 Å². The van der Waals surface area contributed by atoms with E-state index in [1.165, 1.54) is 22.6 Å². The third kappa shape index (κ3) is 0.923. The average molecular weight is 275 g/mol. The maximum atomic E-state index is 3.51. The molecule has 0 aliphatic rings. The molecule has 0 radical (unpaired) electrons. The van der Waals surface area contributed by atoms with E-state index in [1.807, 2.05) is 34.0 Å². The van der Waals surface area contributed by atoms with Gasteiger partial charge in [-0.25, -0.2) is 0 Å². The van der Waals surface area contributed by atoms with E-state index in [-0.39, 0.29) is 0 Å². The van der Waals surface area contributed by atoms with Crippen molar-refractivity contribution in [2.45, 2.75) is 0 Å². The second-order valence-electron chi connectivity index (χ2n) is 2.47. The fourth-order valence-electron chi connectivity index (χ4n) is 1.25. The first-order chi connectivity index (χ1) is 5.84. The van der Waals surface area contributed by atoms with Crippen LogP contribution in [0.2, 0.25) is 0 Å². The van der Waals surface area contributed by atoms with Gasteiger partial charge >= 0.3 is 0 Å². The smallest absolute Gasteiger partial charge is 0.0885 e. The summed E-state index contributed by atoms with van der Waals surface area (Å²) in [6.07, 6.45) is 0. The molecule has 3 rings (SSSR count). The molecule has 4 heteroatoms. The van der Waals surface area contributed by atoms with E-state index in [4.69, 9.17) is 0 Å². The Morgan fingerprint density at radius 2 is 2.17 bits per heavy atom. The van der Waals surface area contributed by atoms with Crippen molar-refractivity contribution in [1.29, 1.82) is 0 Å². The molecule has 0 spiro atoms. The highest BCUT2D eigenvalue weighted by Crippen LogP contribution is 2.43. The molecule has 0 aliphatic heterocycles. The monoisotopic (exact) mass is 274 g/mol. The van der Waals surface area contributed by atoms with Crippen LogP contribution in [0.15, 0.2) is 21.3 Å². The van der Waals surface area contributed by atoms with E-state index >= 15 is 0 Å². The van der Waals surface area contributed by atoms with Crippen LogP contribution in [0.3, 0.4) is 0 Å². The van der Waals surface area contributed by atoms with Crippen LogP contribution in [-0.4, -0.2) is 0 Å². The highest BCUT2D eigenvalue weighted by molar-refractivity contribution is 9.11. The average Bonchev–Trinajstić information content (AvgIpc) is 2.59. The molecule has 0 unspecified atom stereocenters. The predicted octanol–water partition coefficient (Wildman–Crippen LogP) is 4.94. The molecule has 0 aliphatic carbocycles. The van der Waals surface area contributed by atoms with Crippen molar-refractivity contribution in [2.24, 2.45) is 0 Å². The third-order valence-corrected chi connectivity index (χ3v) is 5.74. The molecule has 0 nitrogen and oxygen atoms in total. The first kappa shape index (κ1) is 7.50. The molecule has 0 saturated carbocycles. The highest BCUT2D eigenvalue weighted by Gasteiger charge is 2.08. The van der Waals surface area contributed by atoms with Crippen LogP contribution in [0.25, 0.3) is 18.8 Å². The Morgan fingerprint density at radius 1 is 1.25 bits per heavy atom. The second kappa shape index (κ2) is 2.54. The van der Waals surface area contributed by atoms with Gasteiger partial charge in [0.05, 0.1) is 12.5 Å². The molecule has 0 N–H and O–H groups in total. The number of hydrogen-bond acceptors (Lipinski definition) is 3. The van der Waals surface area contributed by atoms with E-state index in [0.717, 1.165) is 0 Å². The van der Waals surface area contributed by atoms with Crippen LogP contribution < -0.4 is 0 Å². The molecule has 0 amide bonds. The maximum Gasteiger partial charge on any atom is 0.0885 e. The van der Waals surface area contributed by atoms with Gasteiger partial charge in [0.1, 0.15) is 0 Å². The summed E-state index contributed by atoms with van der Waals surface area (Å²) < 4.78 is 5.53. The van der Waals surface area contributed by atoms with Crippen molar-refractivity contribution < 1.29 is 0 Å². The molecule has 0 saturated heterocycles. The Balaban J connectivity index is 2.64. The minimum atomic E-state index is 1.23. The van der Waals surface area contributed by atoms with Gasteiger partial charge in [-0.3, -0.25) is 0 Å². The van der Waals surface area contributed by atoms with Crippen LogP contribution >= 0.6 is 49.9 Å². The molecule has 0 aromatic carbocycles. The molecule has 0 bridgehead atoms. The predicted molar refractivity (Wildman–Crippen MR) is 62.8 cm³/mol. The lowest BCUT2D eigenvalue weighted by Crippen LogP contribution is -1.43. The lowest BCUT2D eigenvalue weighted by Gasteiger charge is -1.74. The molecular formula is C8H3BrS3. The minimum absolute atomic E-state index is 1.23. The number of hydrogen-bond donors (Lipinski definition) is 0. The van der Waals surface area contributed by atoms with E-state index < -0.39 is 0 Å². The molecule has 60 valence electrons. The fraction of sp³-hybridized carbons (Fsp3) is 0. The lowest BCUT2D eigenvalue weighted by atomic mass is 10.4. The van der Waals surface area contributed by atoms with Crippen LogP contribution in [0.4, 0.5) is 0 Å². The van der Waals surface area contributed by atoms with Gasteiger partial charge in [-0.1, -0.05) is 0 Å². The Hall–Kier alpha value is 0.1000. The summed E-state index contributed by atoms with van der Waals surface area (Å²) in [5.74, 6) is 0. The van der Waals surface area contributed by atoms with Crippen LogP contribution in [0.1, 0.15) is 0 Å². The van der Waals surface area contributed by atoms with Crippen LogP contribution in [0.5, 0.6) is 0 Å². The van der Waals surface area contributed by atoms with Crippen molar-refractivity contribution in [3.05, 3.63) is 21.3 Å². The van der Waals surface area contributed by atoms with Gasteiger partial charge in [0.2, 0.25) is 0 Å². The van der Waals surface area contributed by atoms with E-state index in [0.29, 0.717) is 0 Å². The zero-order valence-corrected chi connectivity index (χ0v) is 9.87. The van der Waals surface area contributed by atoms with Gasteiger partial charge in [-0.2, -0.15) is 0 Å². The summed E-state index contributed by atoms with van der Waals surface area (Å²) in [5.41, 5.74) is 0. The van der Waals surface area contributed by atoms with Gasteiger partial charge in [-0.15, -0.1) is 34.0 Å². The standard InChI is InChI=1S/C8H3BrS3/c9-6-3-5-7(12-6)4-1-2-10-8(4)11-5/h1-3H. The molecule has 3 aromatic heterocycles. The van der Waals surface area contributed by atoms with E-state index in [9.17, 15) is 0 Å². The van der Waals surface area contributed by atoms with Crippen molar-refractivity contribution in [1.82, 2.24) is 0 Å². The third-order valence-electron chi connectivity index (χ3n) is 1.74. The fourth-order valence-corrected chi connectivity index (χ4v) is 5.50. The summed E-state index contributed by atoms with van der Waals surface area (Å²) in [6, 6.07) is 4.42. The number of fused-ring (bicyclic) bond motifs is 3. The normalized spacial score (nSPS) is 11.8. The topological polar surface area (TPSA) is 0 Å². The highest BCUT2D eigenvalue weighted by atomic mass is 79.9. The Bertz CT molecular complexity index is 543. The van der Waals surface area contributed by atoms with E-state index in [2.05, 4.69) is 33.4 Å². The first-order valence-corrected chi connectivity index (χ1v) is 6.70. The summed E-state index contributed by atoms with van der Waals surface area (Å²) in [4.78, 5) is 0. The van der Waals surface area contributed by atoms with Gasteiger partial charge in [0, 0.05) is 10.1 Å². The largest absolute Gasteiger partial charge is 0.133 e. The molecule has 3 aromatic rings. The molecule has 0 fully saturated rings. The van der Waals surface area contributed by atoms with Crippen LogP contribution in [-0.2, 0) is 0 Å². The zero-order valence-electron chi connectivity index (χ0n) is 5.83. The Labute approximate surface area is 89.6 Å². The molecular weight excluding hydrogens is 272 g/mol.